The van der Waals surface area contributed by atoms with E-state index in [1.165, 1.54) is 0 Å². The molecule has 0 saturated heterocycles. The van der Waals surface area contributed by atoms with Crippen LogP contribution in [0, 0.1) is 0 Å². The van der Waals surface area contributed by atoms with Gasteiger partial charge < -0.3 is 20.9 Å². The van der Waals surface area contributed by atoms with Crippen LogP contribution < -0.4 is 11.1 Å². The number of nitrogens with two attached hydrogens (primary N) is 1. The minimum absolute atomic E-state index is 0.0520. The highest BCUT2D eigenvalue weighted by Gasteiger charge is 2.25. The van der Waals surface area contributed by atoms with Gasteiger partial charge >= 0.3 is 6.09 Å². The summed E-state index contributed by atoms with van der Waals surface area (Å²) in [5, 5.41) is 13.1. The maximum absolute atomic E-state index is 11.9. The van der Waals surface area contributed by atoms with Crippen molar-refractivity contribution in [2.75, 3.05) is 6.54 Å². The number of hydrogen-bond acceptors (Lipinski definition) is 5. The van der Waals surface area contributed by atoms with E-state index in [1.807, 2.05) is 13.8 Å². The van der Waals surface area contributed by atoms with Gasteiger partial charge in [0.05, 0.1) is 11.7 Å². The van der Waals surface area contributed by atoms with Crippen LogP contribution in [0.15, 0.2) is 49.7 Å². The molecule has 150 valence electrons. The third-order valence-electron chi connectivity index (χ3n) is 3.28. The average Bonchev–Trinajstić information content (AvgIpc) is 2.64. The normalized spacial score (nSPS) is 13.5. The zero-order valence-electron chi connectivity index (χ0n) is 17.0. The SMILES string of the molecule is C=C/C=C(\C=C)c1ccc(C(O)C(CN)NC(=O)OC(C)(C)C)cn1.CC. The second-order valence-electron chi connectivity index (χ2n) is 6.47. The zero-order valence-corrected chi connectivity index (χ0v) is 17.0. The molecule has 0 aliphatic rings. The third kappa shape index (κ3) is 8.66. The Bertz CT molecular complexity index is 631. The number of amides is 1. The smallest absolute Gasteiger partial charge is 0.408 e. The first-order chi connectivity index (χ1) is 12.7. The van der Waals surface area contributed by atoms with Gasteiger partial charge in [0, 0.05) is 18.3 Å². The first-order valence-electron chi connectivity index (χ1n) is 9.01. The monoisotopic (exact) mass is 375 g/mol. The average molecular weight is 376 g/mol. The molecule has 6 nitrogen and oxygen atoms in total. The molecule has 1 aromatic rings. The fourth-order valence-electron chi connectivity index (χ4n) is 2.09. The summed E-state index contributed by atoms with van der Waals surface area (Å²) in [6.07, 6.45) is 5.02. The number of carbonyl (C=O) groups excluding carboxylic acids is 1. The van der Waals surface area contributed by atoms with E-state index >= 15 is 0 Å². The summed E-state index contributed by atoms with van der Waals surface area (Å²) in [6, 6.07) is 2.80. The summed E-state index contributed by atoms with van der Waals surface area (Å²) in [4.78, 5) is 16.2. The quantitative estimate of drug-likeness (QED) is 0.631. The van der Waals surface area contributed by atoms with Crippen LogP contribution in [-0.4, -0.2) is 34.4 Å². The van der Waals surface area contributed by atoms with Crippen molar-refractivity contribution in [3.05, 3.63) is 61.0 Å². The third-order valence-corrected chi connectivity index (χ3v) is 3.28. The van der Waals surface area contributed by atoms with Crippen molar-refractivity contribution in [3.63, 3.8) is 0 Å². The van der Waals surface area contributed by atoms with Crippen LogP contribution in [0.3, 0.4) is 0 Å². The number of hydrogen-bond donors (Lipinski definition) is 3. The molecule has 1 rings (SSSR count). The maximum atomic E-state index is 11.9. The summed E-state index contributed by atoms with van der Waals surface area (Å²) in [5.41, 5.74) is 7.11. The molecule has 2 atom stereocenters. The van der Waals surface area contributed by atoms with Gasteiger partial charge in [0.2, 0.25) is 0 Å². The second kappa shape index (κ2) is 12.0. The topological polar surface area (TPSA) is 97.5 Å². The number of aliphatic hydroxyl groups is 1. The van der Waals surface area contributed by atoms with Gasteiger partial charge in [-0.2, -0.15) is 0 Å². The minimum atomic E-state index is -1.00. The largest absolute Gasteiger partial charge is 0.444 e. The molecule has 6 heteroatoms. The molecule has 1 aromatic heterocycles. The molecule has 0 aliphatic carbocycles. The summed E-state index contributed by atoms with van der Waals surface area (Å²) < 4.78 is 5.19. The van der Waals surface area contributed by atoms with E-state index in [0.717, 1.165) is 5.57 Å². The van der Waals surface area contributed by atoms with Crippen LogP contribution in [0.5, 0.6) is 0 Å². The highest BCUT2D eigenvalue weighted by molar-refractivity contribution is 5.72. The Labute approximate surface area is 162 Å². The molecule has 1 amide bonds. The molecule has 0 bridgehead atoms. The number of nitrogens with zero attached hydrogens (tertiary/aromatic N) is 1. The van der Waals surface area contributed by atoms with E-state index in [2.05, 4.69) is 23.5 Å². The predicted molar refractivity (Wildman–Crippen MR) is 111 cm³/mol. The number of aliphatic hydroxyl groups excluding tert-OH is 1. The van der Waals surface area contributed by atoms with E-state index < -0.39 is 23.8 Å². The number of nitrogens with one attached hydrogen (secondary N) is 1. The summed E-state index contributed by atoms with van der Waals surface area (Å²) >= 11 is 0. The number of alkyl carbamates (subject to hydrolysis) is 1. The number of pyridine rings is 1. The summed E-state index contributed by atoms with van der Waals surface area (Å²) in [5.74, 6) is 0. The lowest BCUT2D eigenvalue weighted by atomic mass is 10.0. The first kappa shape index (κ1) is 24.6. The molecule has 0 aromatic carbocycles. The molecule has 0 radical (unpaired) electrons. The Morgan fingerprint density at radius 3 is 2.41 bits per heavy atom. The Hall–Kier alpha value is -2.44. The molecule has 0 fully saturated rings. The lowest BCUT2D eigenvalue weighted by molar-refractivity contribution is 0.0427. The van der Waals surface area contributed by atoms with E-state index in [0.29, 0.717) is 11.3 Å². The molecule has 4 N–H and O–H groups in total. The van der Waals surface area contributed by atoms with E-state index in [-0.39, 0.29) is 6.54 Å². The molecule has 0 spiro atoms. The van der Waals surface area contributed by atoms with Gasteiger partial charge in [0.15, 0.2) is 0 Å². The number of ether oxygens (including phenoxy) is 1. The van der Waals surface area contributed by atoms with E-state index in [1.54, 1.807) is 57.3 Å². The van der Waals surface area contributed by atoms with Gasteiger partial charge in [-0.1, -0.05) is 51.3 Å². The van der Waals surface area contributed by atoms with E-state index in [9.17, 15) is 9.90 Å². The fourth-order valence-corrected chi connectivity index (χ4v) is 2.09. The standard InChI is InChI=1S/C19H27N3O3.C2H6/c1-6-8-13(7-2)15-10-9-14(12-21-15)17(23)16(11-20)22-18(24)25-19(3,4)5;1-2/h6-10,12,16-17,23H,1-2,11,20H2,3-5H3,(H,22,24);1-2H3/b13-8+;. The van der Waals surface area contributed by atoms with Crippen molar-refractivity contribution in [2.24, 2.45) is 5.73 Å². The number of carbonyl (C=O) groups is 1. The van der Waals surface area contributed by atoms with Crippen molar-refractivity contribution in [3.8, 4) is 0 Å². The van der Waals surface area contributed by atoms with Gasteiger partial charge in [-0.05, 0) is 32.4 Å². The molecular formula is C21H33N3O3. The van der Waals surface area contributed by atoms with Crippen LogP contribution in [0.4, 0.5) is 4.79 Å². The second-order valence-corrected chi connectivity index (χ2v) is 6.47. The van der Waals surface area contributed by atoms with Gasteiger partial charge in [-0.25, -0.2) is 4.79 Å². The molecule has 1 heterocycles. The van der Waals surface area contributed by atoms with Crippen LogP contribution in [-0.2, 0) is 4.74 Å². The van der Waals surface area contributed by atoms with Crippen LogP contribution in [0.2, 0.25) is 0 Å². The Morgan fingerprint density at radius 1 is 1.37 bits per heavy atom. The van der Waals surface area contributed by atoms with Crippen molar-refractivity contribution in [2.45, 2.75) is 52.4 Å². The zero-order chi connectivity index (χ0) is 21.0. The highest BCUT2D eigenvalue weighted by atomic mass is 16.6. The van der Waals surface area contributed by atoms with Crippen molar-refractivity contribution in [1.29, 1.82) is 0 Å². The van der Waals surface area contributed by atoms with Crippen LogP contribution in [0.25, 0.3) is 5.57 Å². The molecular weight excluding hydrogens is 342 g/mol. The molecule has 0 saturated carbocycles. The van der Waals surface area contributed by atoms with Gasteiger partial charge in [-0.15, -0.1) is 0 Å². The van der Waals surface area contributed by atoms with Gasteiger partial charge in [-0.3, -0.25) is 4.98 Å². The van der Waals surface area contributed by atoms with Gasteiger partial charge in [0.25, 0.3) is 0 Å². The number of aromatic nitrogens is 1. The minimum Gasteiger partial charge on any atom is -0.444 e. The van der Waals surface area contributed by atoms with Crippen LogP contribution >= 0.6 is 0 Å². The fraction of sp³-hybridized carbons (Fsp3) is 0.429. The molecule has 2 unspecified atom stereocenters. The Kier molecular flexibility index (Phi) is 11.0. The van der Waals surface area contributed by atoms with Crippen molar-refractivity contribution < 1.29 is 14.6 Å². The lowest BCUT2D eigenvalue weighted by Crippen LogP contribution is -2.46. The van der Waals surface area contributed by atoms with Crippen LogP contribution in [0.1, 0.15) is 52.0 Å². The van der Waals surface area contributed by atoms with E-state index in [4.69, 9.17) is 10.5 Å². The predicted octanol–water partition coefficient (Wildman–Crippen LogP) is 3.75. The van der Waals surface area contributed by atoms with Gasteiger partial charge in [0.1, 0.15) is 11.7 Å². The summed E-state index contributed by atoms with van der Waals surface area (Å²) in [6.45, 7) is 16.7. The Balaban J connectivity index is 0.00000326. The number of rotatable bonds is 7. The Morgan fingerprint density at radius 2 is 2.00 bits per heavy atom. The first-order valence-corrected chi connectivity index (χ1v) is 9.01. The number of allylic oxidation sites excluding steroid dienone is 4. The highest BCUT2D eigenvalue weighted by Crippen LogP contribution is 2.19. The van der Waals surface area contributed by atoms with Crippen molar-refractivity contribution in [1.82, 2.24) is 10.3 Å². The van der Waals surface area contributed by atoms with Crippen molar-refractivity contribution >= 4 is 11.7 Å². The molecule has 0 aliphatic heterocycles. The molecule has 27 heavy (non-hydrogen) atoms. The summed E-state index contributed by atoms with van der Waals surface area (Å²) in [7, 11) is 0. The maximum Gasteiger partial charge on any atom is 0.408 e. The lowest BCUT2D eigenvalue weighted by Gasteiger charge is -2.26.